The Morgan fingerprint density at radius 1 is 1.03 bits per heavy atom. The van der Waals surface area contributed by atoms with Gasteiger partial charge < -0.3 is 15.7 Å². The first-order valence-corrected chi connectivity index (χ1v) is 12.7. The lowest BCUT2D eigenvalue weighted by atomic mass is 9.75. The quantitative estimate of drug-likeness (QED) is 0.444. The van der Waals surface area contributed by atoms with Gasteiger partial charge in [-0.1, -0.05) is 64.3 Å². The van der Waals surface area contributed by atoms with Crippen molar-refractivity contribution in [3.63, 3.8) is 0 Å². The highest BCUT2D eigenvalue weighted by Gasteiger charge is 2.35. The molecular weight excluding hydrogens is 446 g/mol. The molecule has 0 aliphatic heterocycles. The molecule has 6 heteroatoms. The van der Waals surface area contributed by atoms with Crippen LogP contribution < -0.4 is 10.6 Å². The number of aliphatic hydroxyl groups is 1. The number of amides is 1. The number of aliphatic hydroxyl groups excluding tert-OH is 1. The van der Waals surface area contributed by atoms with E-state index >= 15 is 0 Å². The average molecular weight is 487 g/mol. The summed E-state index contributed by atoms with van der Waals surface area (Å²) >= 11 is 0. The summed E-state index contributed by atoms with van der Waals surface area (Å²) in [7, 11) is 0. The number of carbonyl (C=O) groups excluding carboxylic acids is 1. The molecule has 1 saturated carbocycles. The van der Waals surface area contributed by atoms with Gasteiger partial charge in [0.05, 0.1) is 12.1 Å². The molecule has 4 nitrogen and oxygen atoms in total. The Kier molecular flexibility index (Phi) is 9.05. The van der Waals surface area contributed by atoms with Crippen molar-refractivity contribution in [3.05, 3.63) is 70.8 Å². The maximum Gasteiger partial charge on any atom is 0.217 e. The Morgan fingerprint density at radius 2 is 1.69 bits per heavy atom. The van der Waals surface area contributed by atoms with Crippen molar-refractivity contribution in [3.8, 4) is 0 Å². The molecule has 192 valence electrons. The fourth-order valence-corrected chi connectivity index (χ4v) is 5.28. The summed E-state index contributed by atoms with van der Waals surface area (Å²) in [5, 5.41) is 17.5. The maximum absolute atomic E-state index is 13.7. The highest BCUT2D eigenvalue weighted by molar-refractivity contribution is 5.73. The van der Waals surface area contributed by atoms with Gasteiger partial charge in [-0.3, -0.25) is 4.79 Å². The Labute approximate surface area is 208 Å². The minimum absolute atomic E-state index is 0.130. The number of nitrogens with one attached hydrogen (secondary N) is 2. The first kappa shape index (κ1) is 27.3. The summed E-state index contributed by atoms with van der Waals surface area (Å²) < 4.78 is 27.4. The van der Waals surface area contributed by atoms with Gasteiger partial charge in [-0.15, -0.1) is 0 Å². The molecule has 0 bridgehead atoms. The van der Waals surface area contributed by atoms with Gasteiger partial charge in [-0.2, -0.15) is 0 Å². The first-order chi connectivity index (χ1) is 16.5. The number of hydrogen-bond donors (Lipinski definition) is 3. The van der Waals surface area contributed by atoms with E-state index in [1.54, 1.807) is 0 Å². The van der Waals surface area contributed by atoms with Crippen LogP contribution in [0.4, 0.5) is 8.78 Å². The number of carbonyl (C=O) groups is 1. The Bertz CT molecular complexity index is 976. The van der Waals surface area contributed by atoms with Crippen LogP contribution in [0.2, 0.25) is 0 Å². The van der Waals surface area contributed by atoms with Gasteiger partial charge in [0, 0.05) is 25.1 Å². The first-order valence-electron chi connectivity index (χ1n) is 12.7. The van der Waals surface area contributed by atoms with Crippen LogP contribution >= 0.6 is 0 Å². The standard InChI is InChI=1S/C29H40F2N2O2/c1-20(34)33-26(16-22-14-24(30)17-25(31)15-22)27(35)19-32-29(11-6-5-7-12-29)23-10-8-9-21(13-23)18-28(2,3)4/h8-10,13-15,17,26-27,32,35H,5-7,11-12,16,18-19H2,1-4H3,(H,33,34)/t26-,27+/m0/s1. The van der Waals surface area contributed by atoms with Gasteiger partial charge in [-0.25, -0.2) is 8.78 Å². The van der Waals surface area contributed by atoms with Gasteiger partial charge in [0.15, 0.2) is 0 Å². The van der Waals surface area contributed by atoms with E-state index in [-0.39, 0.29) is 29.8 Å². The van der Waals surface area contributed by atoms with Crippen molar-refractivity contribution in [2.45, 2.75) is 90.3 Å². The molecule has 1 aliphatic rings. The highest BCUT2D eigenvalue weighted by Crippen LogP contribution is 2.38. The zero-order valence-electron chi connectivity index (χ0n) is 21.5. The molecule has 0 aromatic heterocycles. The molecule has 0 saturated heterocycles. The highest BCUT2D eigenvalue weighted by atomic mass is 19.1. The van der Waals surface area contributed by atoms with Crippen molar-refractivity contribution in [2.75, 3.05) is 6.54 Å². The van der Waals surface area contributed by atoms with Gasteiger partial charge in [0.2, 0.25) is 5.91 Å². The molecule has 2 aromatic carbocycles. The second-order valence-electron chi connectivity index (χ2n) is 11.3. The fraction of sp³-hybridized carbons (Fsp3) is 0.552. The number of benzene rings is 2. The van der Waals surface area contributed by atoms with Crippen LogP contribution in [0.5, 0.6) is 0 Å². The molecule has 0 spiro atoms. The molecule has 0 radical (unpaired) electrons. The van der Waals surface area contributed by atoms with E-state index in [0.717, 1.165) is 38.2 Å². The van der Waals surface area contributed by atoms with Gasteiger partial charge in [0.1, 0.15) is 11.6 Å². The Hall–Kier alpha value is -2.31. The van der Waals surface area contributed by atoms with E-state index in [1.807, 2.05) is 0 Å². The third-order valence-electron chi connectivity index (χ3n) is 6.80. The van der Waals surface area contributed by atoms with E-state index in [9.17, 15) is 18.7 Å². The fourth-order valence-electron chi connectivity index (χ4n) is 5.28. The molecule has 1 amide bonds. The van der Waals surface area contributed by atoms with E-state index in [0.29, 0.717) is 5.56 Å². The van der Waals surface area contributed by atoms with Crippen molar-refractivity contribution in [2.24, 2.45) is 5.41 Å². The molecular formula is C29H40F2N2O2. The zero-order chi connectivity index (χ0) is 25.6. The summed E-state index contributed by atoms with van der Waals surface area (Å²) in [6, 6.07) is 11.4. The number of rotatable bonds is 9. The van der Waals surface area contributed by atoms with E-state index in [1.165, 1.54) is 36.6 Å². The van der Waals surface area contributed by atoms with E-state index in [2.05, 4.69) is 55.7 Å². The SMILES string of the molecule is CC(=O)N[C@@H](Cc1cc(F)cc(F)c1)[C@H](O)CNC1(c2cccc(CC(C)(C)C)c2)CCCCC1. The third-order valence-corrected chi connectivity index (χ3v) is 6.80. The molecule has 0 unspecified atom stereocenters. The monoisotopic (exact) mass is 486 g/mol. The second kappa shape index (κ2) is 11.6. The summed E-state index contributed by atoms with van der Waals surface area (Å²) in [5.74, 6) is -1.65. The van der Waals surface area contributed by atoms with Gasteiger partial charge in [-0.05, 0) is 59.9 Å². The van der Waals surface area contributed by atoms with E-state index in [4.69, 9.17) is 0 Å². The van der Waals surface area contributed by atoms with E-state index < -0.39 is 23.8 Å². The molecule has 3 rings (SSSR count). The molecule has 1 aliphatic carbocycles. The van der Waals surface area contributed by atoms with Gasteiger partial charge >= 0.3 is 0 Å². The van der Waals surface area contributed by atoms with Crippen LogP contribution in [0, 0.1) is 17.0 Å². The van der Waals surface area contributed by atoms with Crippen LogP contribution in [-0.2, 0) is 23.2 Å². The predicted octanol–water partition coefficient (Wildman–Crippen LogP) is 5.41. The second-order valence-corrected chi connectivity index (χ2v) is 11.3. The van der Waals surface area contributed by atoms with Crippen molar-refractivity contribution >= 4 is 5.91 Å². The summed E-state index contributed by atoms with van der Waals surface area (Å²) in [5.41, 5.74) is 2.85. The molecule has 2 aromatic rings. The van der Waals surface area contributed by atoms with Gasteiger partial charge in [0.25, 0.3) is 0 Å². The van der Waals surface area contributed by atoms with Crippen LogP contribution in [0.15, 0.2) is 42.5 Å². The molecule has 0 heterocycles. The van der Waals surface area contributed by atoms with Crippen LogP contribution in [-0.4, -0.2) is 29.7 Å². The minimum atomic E-state index is -0.929. The van der Waals surface area contributed by atoms with Crippen LogP contribution in [0.25, 0.3) is 0 Å². The van der Waals surface area contributed by atoms with Crippen molar-refractivity contribution in [1.29, 1.82) is 0 Å². The number of hydrogen-bond acceptors (Lipinski definition) is 3. The average Bonchev–Trinajstić information content (AvgIpc) is 2.76. The normalized spacial score (nSPS) is 17.6. The lowest BCUT2D eigenvalue weighted by Crippen LogP contribution is -2.53. The molecule has 3 N–H and O–H groups in total. The number of halogens is 2. The maximum atomic E-state index is 13.7. The predicted molar refractivity (Wildman–Crippen MR) is 136 cm³/mol. The zero-order valence-corrected chi connectivity index (χ0v) is 21.5. The largest absolute Gasteiger partial charge is 0.390 e. The summed E-state index contributed by atoms with van der Waals surface area (Å²) in [6.07, 6.45) is 5.51. The summed E-state index contributed by atoms with van der Waals surface area (Å²) in [6.45, 7) is 8.33. The topological polar surface area (TPSA) is 61.4 Å². The smallest absolute Gasteiger partial charge is 0.217 e. The summed E-state index contributed by atoms with van der Waals surface area (Å²) in [4.78, 5) is 11.8. The molecule has 1 fully saturated rings. The van der Waals surface area contributed by atoms with Crippen molar-refractivity contribution < 1.29 is 18.7 Å². The molecule has 2 atom stereocenters. The Balaban J connectivity index is 1.79. The lowest BCUT2D eigenvalue weighted by Gasteiger charge is -2.40. The third kappa shape index (κ3) is 8.11. The van der Waals surface area contributed by atoms with Crippen molar-refractivity contribution in [1.82, 2.24) is 10.6 Å². The Morgan fingerprint density at radius 3 is 2.29 bits per heavy atom. The lowest BCUT2D eigenvalue weighted by molar-refractivity contribution is -0.120. The minimum Gasteiger partial charge on any atom is -0.390 e. The van der Waals surface area contributed by atoms with Crippen LogP contribution in [0.1, 0.15) is 76.5 Å². The molecule has 35 heavy (non-hydrogen) atoms. The van der Waals surface area contributed by atoms with Crippen LogP contribution in [0.3, 0.4) is 0 Å².